The van der Waals surface area contributed by atoms with Crippen LogP contribution in [0.4, 0.5) is 5.82 Å². The number of nitrogen functional groups attached to an aromatic ring is 1. The van der Waals surface area contributed by atoms with E-state index in [1.807, 2.05) is 0 Å². The number of aromatic nitrogens is 3. The molecule has 8 heteroatoms. The van der Waals surface area contributed by atoms with Crippen molar-refractivity contribution in [1.29, 1.82) is 0 Å². The largest absolute Gasteiger partial charge is 0.478 e. The number of esters is 1. The SMILES string of the molecule is CC(C)OC(=O)c1nnn(-c2cccc(C(=O)O)c2)c1N. The molecule has 1 aromatic carbocycles. The Morgan fingerprint density at radius 3 is 2.71 bits per heavy atom. The summed E-state index contributed by atoms with van der Waals surface area (Å²) in [5.74, 6) is -1.76. The van der Waals surface area contributed by atoms with Crippen LogP contribution < -0.4 is 5.73 Å². The Balaban J connectivity index is 2.38. The van der Waals surface area contributed by atoms with Gasteiger partial charge in [-0.3, -0.25) is 0 Å². The van der Waals surface area contributed by atoms with Crippen molar-refractivity contribution in [3.05, 3.63) is 35.5 Å². The van der Waals surface area contributed by atoms with Crippen molar-refractivity contribution in [3.63, 3.8) is 0 Å². The van der Waals surface area contributed by atoms with Crippen molar-refractivity contribution < 1.29 is 19.4 Å². The van der Waals surface area contributed by atoms with Crippen molar-refractivity contribution >= 4 is 17.8 Å². The molecule has 0 amide bonds. The highest BCUT2D eigenvalue weighted by molar-refractivity contribution is 5.92. The van der Waals surface area contributed by atoms with E-state index in [-0.39, 0.29) is 23.2 Å². The fraction of sp³-hybridized carbons (Fsp3) is 0.231. The average molecular weight is 290 g/mol. The first-order valence-corrected chi connectivity index (χ1v) is 6.16. The predicted octanol–water partition coefficient (Wildman–Crippen LogP) is 1.11. The second-order valence-corrected chi connectivity index (χ2v) is 4.54. The van der Waals surface area contributed by atoms with Crippen LogP contribution in [0.3, 0.4) is 0 Å². The summed E-state index contributed by atoms with van der Waals surface area (Å²) in [6.45, 7) is 3.41. The zero-order chi connectivity index (χ0) is 15.6. The lowest BCUT2D eigenvalue weighted by Gasteiger charge is -2.07. The van der Waals surface area contributed by atoms with Gasteiger partial charge in [-0.25, -0.2) is 9.59 Å². The minimum absolute atomic E-state index is 0.0109. The zero-order valence-corrected chi connectivity index (χ0v) is 11.5. The highest BCUT2D eigenvalue weighted by Gasteiger charge is 2.21. The molecule has 0 unspecified atom stereocenters. The van der Waals surface area contributed by atoms with Crippen LogP contribution in [0.1, 0.15) is 34.7 Å². The Bertz CT molecular complexity index is 693. The summed E-state index contributed by atoms with van der Waals surface area (Å²) >= 11 is 0. The Kier molecular flexibility index (Phi) is 3.88. The first-order valence-electron chi connectivity index (χ1n) is 6.16. The standard InChI is InChI=1S/C13H14N4O4/c1-7(2)21-13(20)10-11(14)17(16-15-10)9-5-3-4-8(6-9)12(18)19/h3-7H,14H2,1-2H3,(H,18,19). The molecule has 0 fully saturated rings. The van der Waals surface area contributed by atoms with Gasteiger partial charge in [-0.1, -0.05) is 11.3 Å². The smallest absolute Gasteiger partial charge is 0.363 e. The lowest BCUT2D eigenvalue weighted by Crippen LogP contribution is -2.14. The van der Waals surface area contributed by atoms with Gasteiger partial charge in [0.2, 0.25) is 5.69 Å². The predicted molar refractivity (Wildman–Crippen MR) is 73.3 cm³/mol. The normalized spacial score (nSPS) is 10.6. The maximum absolute atomic E-state index is 11.8. The van der Waals surface area contributed by atoms with Gasteiger partial charge in [0.15, 0.2) is 5.82 Å². The van der Waals surface area contributed by atoms with Gasteiger partial charge in [0.1, 0.15) is 0 Å². The number of ether oxygens (including phenoxy) is 1. The van der Waals surface area contributed by atoms with E-state index in [0.29, 0.717) is 5.69 Å². The van der Waals surface area contributed by atoms with Gasteiger partial charge in [-0.2, -0.15) is 4.68 Å². The van der Waals surface area contributed by atoms with E-state index in [9.17, 15) is 9.59 Å². The fourth-order valence-corrected chi connectivity index (χ4v) is 1.67. The van der Waals surface area contributed by atoms with E-state index in [0.717, 1.165) is 0 Å². The van der Waals surface area contributed by atoms with Gasteiger partial charge in [0.05, 0.1) is 17.4 Å². The molecule has 0 bridgehead atoms. The number of nitrogens with zero attached hydrogens (tertiary/aromatic N) is 3. The molecule has 2 aromatic rings. The van der Waals surface area contributed by atoms with Crippen LogP contribution in [-0.4, -0.2) is 38.1 Å². The van der Waals surface area contributed by atoms with Crippen LogP contribution >= 0.6 is 0 Å². The number of carboxylic acids is 1. The van der Waals surface area contributed by atoms with E-state index >= 15 is 0 Å². The van der Waals surface area contributed by atoms with Gasteiger partial charge < -0.3 is 15.6 Å². The van der Waals surface area contributed by atoms with Gasteiger partial charge in [0, 0.05) is 0 Å². The average Bonchev–Trinajstić information content (AvgIpc) is 2.80. The number of anilines is 1. The molecule has 0 aliphatic rings. The number of aromatic carboxylic acids is 1. The quantitative estimate of drug-likeness (QED) is 0.809. The summed E-state index contributed by atoms with van der Waals surface area (Å²) in [6.07, 6.45) is -0.308. The Morgan fingerprint density at radius 1 is 1.38 bits per heavy atom. The molecular formula is C13H14N4O4. The number of hydrogen-bond acceptors (Lipinski definition) is 6. The fourth-order valence-electron chi connectivity index (χ4n) is 1.67. The van der Waals surface area contributed by atoms with Gasteiger partial charge in [-0.05, 0) is 32.0 Å². The molecule has 1 heterocycles. The molecule has 0 saturated carbocycles. The van der Waals surface area contributed by atoms with E-state index < -0.39 is 11.9 Å². The topological polar surface area (TPSA) is 120 Å². The highest BCUT2D eigenvalue weighted by Crippen LogP contribution is 2.17. The molecule has 8 nitrogen and oxygen atoms in total. The van der Waals surface area contributed by atoms with Gasteiger partial charge in [-0.15, -0.1) is 5.10 Å². The number of carbonyl (C=O) groups excluding carboxylic acids is 1. The van der Waals surface area contributed by atoms with Crippen molar-refractivity contribution in [2.75, 3.05) is 5.73 Å². The Hall–Kier alpha value is -2.90. The van der Waals surface area contributed by atoms with E-state index in [1.54, 1.807) is 26.0 Å². The third kappa shape index (κ3) is 2.99. The van der Waals surface area contributed by atoms with E-state index in [1.165, 1.54) is 16.8 Å². The number of carbonyl (C=O) groups is 2. The molecule has 0 aliphatic heterocycles. The summed E-state index contributed by atoms with van der Waals surface area (Å²) < 4.78 is 6.18. The molecule has 3 N–H and O–H groups in total. The summed E-state index contributed by atoms with van der Waals surface area (Å²) in [5.41, 5.74) is 6.19. The van der Waals surface area contributed by atoms with Crippen LogP contribution in [0, 0.1) is 0 Å². The van der Waals surface area contributed by atoms with Crippen LogP contribution in [0.25, 0.3) is 5.69 Å². The summed E-state index contributed by atoms with van der Waals surface area (Å²) in [5, 5.41) is 16.4. The number of hydrogen-bond donors (Lipinski definition) is 2. The minimum atomic E-state index is -1.07. The third-order valence-electron chi connectivity index (χ3n) is 2.58. The van der Waals surface area contributed by atoms with Crippen LogP contribution in [0.5, 0.6) is 0 Å². The molecule has 0 atom stereocenters. The van der Waals surface area contributed by atoms with Crippen molar-refractivity contribution in [1.82, 2.24) is 15.0 Å². The van der Waals surface area contributed by atoms with Crippen molar-refractivity contribution in [2.45, 2.75) is 20.0 Å². The van der Waals surface area contributed by atoms with E-state index in [2.05, 4.69) is 10.3 Å². The number of rotatable bonds is 4. The minimum Gasteiger partial charge on any atom is -0.478 e. The Labute approximate surface area is 120 Å². The molecular weight excluding hydrogens is 276 g/mol. The number of carboxylic acid groups (broad SMARTS) is 1. The first kappa shape index (κ1) is 14.5. The molecule has 1 aromatic heterocycles. The molecule has 0 saturated heterocycles. The molecule has 110 valence electrons. The molecule has 2 rings (SSSR count). The van der Waals surface area contributed by atoms with E-state index in [4.69, 9.17) is 15.6 Å². The highest BCUT2D eigenvalue weighted by atomic mass is 16.5. The molecule has 0 radical (unpaired) electrons. The zero-order valence-electron chi connectivity index (χ0n) is 11.5. The maximum Gasteiger partial charge on any atom is 0.363 e. The maximum atomic E-state index is 11.8. The molecule has 0 aliphatic carbocycles. The lowest BCUT2D eigenvalue weighted by molar-refractivity contribution is 0.0371. The summed E-state index contributed by atoms with van der Waals surface area (Å²) in [7, 11) is 0. The second kappa shape index (κ2) is 5.61. The first-order chi connectivity index (χ1) is 9.90. The molecule has 21 heavy (non-hydrogen) atoms. The number of nitrogens with two attached hydrogens (primary N) is 1. The van der Waals surface area contributed by atoms with Crippen LogP contribution in [0.15, 0.2) is 24.3 Å². The van der Waals surface area contributed by atoms with Gasteiger partial charge >= 0.3 is 11.9 Å². The Morgan fingerprint density at radius 2 is 2.10 bits per heavy atom. The third-order valence-corrected chi connectivity index (χ3v) is 2.58. The molecule has 0 spiro atoms. The van der Waals surface area contributed by atoms with Gasteiger partial charge in [0.25, 0.3) is 0 Å². The van der Waals surface area contributed by atoms with Crippen molar-refractivity contribution in [2.24, 2.45) is 0 Å². The van der Waals surface area contributed by atoms with Crippen LogP contribution in [0.2, 0.25) is 0 Å². The summed E-state index contributed by atoms with van der Waals surface area (Å²) in [6, 6.07) is 5.97. The van der Waals surface area contributed by atoms with Crippen molar-refractivity contribution in [3.8, 4) is 5.69 Å². The van der Waals surface area contributed by atoms with Crippen LogP contribution in [-0.2, 0) is 4.74 Å². The lowest BCUT2D eigenvalue weighted by atomic mass is 10.2. The monoisotopic (exact) mass is 290 g/mol. The summed E-state index contributed by atoms with van der Waals surface area (Å²) in [4.78, 5) is 22.7. The number of benzene rings is 1. The second-order valence-electron chi connectivity index (χ2n) is 4.54.